The van der Waals surface area contributed by atoms with Crippen molar-refractivity contribution < 1.29 is 19.7 Å². The molecule has 0 heterocycles. The fourth-order valence-electron chi connectivity index (χ4n) is 3.45. The summed E-state index contributed by atoms with van der Waals surface area (Å²) >= 11 is 0. The number of fused-ring (bicyclic) bond motifs is 1. The summed E-state index contributed by atoms with van der Waals surface area (Å²) in [5.41, 5.74) is 2.69. The number of benzene rings is 3. The van der Waals surface area contributed by atoms with Gasteiger partial charge in [-0.2, -0.15) is 4.89 Å². The number of carbonyl (C=O) groups is 1. The van der Waals surface area contributed by atoms with E-state index in [1.54, 1.807) is 12.1 Å². The van der Waals surface area contributed by atoms with Crippen LogP contribution in [-0.4, -0.2) is 17.4 Å². The van der Waals surface area contributed by atoms with E-state index in [2.05, 4.69) is 12.1 Å². The van der Waals surface area contributed by atoms with Crippen LogP contribution in [-0.2, 0) is 16.2 Å². The highest BCUT2D eigenvalue weighted by Gasteiger charge is 2.19. The van der Waals surface area contributed by atoms with Gasteiger partial charge in [0.05, 0.1) is 5.56 Å². The van der Waals surface area contributed by atoms with E-state index < -0.39 is 12.3 Å². The molecule has 27 heavy (non-hydrogen) atoms. The highest BCUT2D eigenvalue weighted by atomic mass is 17.2. The lowest BCUT2D eigenvalue weighted by Gasteiger charge is -2.25. The summed E-state index contributed by atoms with van der Waals surface area (Å²) in [7, 11) is 0. The molecule has 1 aliphatic carbocycles. The molecular weight excluding hydrogens is 340 g/mol. The van der Waals surface area contributed by atoms with Gasteiger partial charge in [-0.05, 0) is 46.7 Å². The van der Waals surface area contributed by atoms with Crippen molar-refractivity contribution in [3.63, 3.8) is 0 Å². The van der Waals surface area contributed by atoms with Crippen molar-refractivity contribution in [2.24, 2.45) is 0 Å². The molecule has 0 saturated heterocycles. The van der Waals surface area contributed by atoms with Gasteiger partial charge in [0.1, 0.15) is 0 Å². The SMILES string of the molecule is O=C(OO[C@H](O)Cc1ccc(C2CCC2)cc1)c1cccc2ccccc12. The molecule has 0 radical (unpaired) electrons. The van der Waals surface area contributed by atoms with Crippen molar-refractivity contribution >= 4 is 16.7 Å². The van der Waals surface area contributed by atoms with Crippen molar-refractivity contribution in [3.8, 4) is 0 Å². The molecule has 0 unspecified atom stereocenters. The first-order chi connectivity index (χ1) is 13.2. The summed E-state index contributed by atoms with van der Waals surface area (Å²) in [6.45, 7) is 0. The Hall–Kier alpha value is -2.69. The first-order valence-corrected chi connectivity index (χ1v) is 9.33. The van der Waals surface area contributed by atoms with Gasteiger partial charge in [-0.1, -0.05) is 67.1 Å². The summed E-state index contributed by atoms with van der Waals surface area (Å²) in [4.78, 5) is 22.1. The van der Waals surface area contributed by atoms with E-state index >= 15 is 0 Å². The monoisotopic (exact) mass is 362 g/mol. The zero-order chi connectivity index (χ0) is 18.6. The third-order valence-corrected chi connectivity index (χ3v) is 5.21. The van der Waals surface area contributed by atoms with Crippen LogP contribution in [0.25, 0.3) is 10.8 Å². The Kier molecular flexibility index (Phi) is 5.19. The third kappa shape index (κ3) is 4.02. The predicted molar refractivity (Wildman–Crippen MR) is 103 cm³/mol. The summed E-state index contributed by atoms with van der Waals surface area (Å²) < 4.78 is 0. The summed E-state index contributed by atoms with van der Waals surface area (Å²) in [5.74, 6) is 0.0630. The molecule has 1 aliphatic rings. The normalized spacial score (nSPS) is 15.3. The van der Waals surface area contributed by atoms with Crippen molar-refractivity contribution in [2.75, 3.05) is 0 Å². The van der Waals surface area contributed by atoms with Gasteiger partial charge in [-0.25, -0.2) is 4.79 Å². The quantitative estimate of drug-likeness (QED) is 0.390. The molecule has 138 valence electrons. The van der Waals surface area contributed by atoms with Crippen LogP contribution < -0.4 is 0 Å². The summed E-state index contributed by atoms with van der Waals surface area (Å²) in [6, 6.07) is 21.1. The van der Waals surface area contributed by atoms with Crippen molar-refractivity contribution in [3.05, 3.63) is 83.4 Å². The van der Waals surface area contributed by atoms with Crippen molar-refractivity contribution in [1.82, 2.24) is 0 Å². The topological polar surface area (TPSA) is 55.8 Å². The lowest BCUT2D eigenvalue weighted by atomic mass is 9.80. The molecule has 4 rings (SSSR count). The van der Waals surface area contributed by atoms with Crippen LogP contribution in [0.3, 0.4) is 0 Å². The van der Waals surface area contributed by atoms with Gasteiger partial charge in [-0.3, -0.25) is 4.89 Å². The minimum absolute atomic E-state index is 0.258. The largest absolute Gasteiger partial charge is 0.373 e. The number of carbonyl (C=O) groups excluding carboxylic acids is 1. The van der Waals surface area contributed by atoms with Crippen molar-refractivity contribution in [2.45, 2.75) is 37.9 Å². The highest BCUT2D eigenvalue weighted by molar-refractivity contribution is 6.04. The average Bonchev–Trinajstić information content (AvgIpc) is 2.66. The minimum atomic E-state index is -1.21. The highest BCUT2D eigenvalue weighted by Crippen LogP contribution is 2.36. The zero-order valence-electron chi connectivity index (χ0n) is 15.0. The van der Waals surface area contributed by atoms with Gasteiger partial charge in [0.15, 0.2) is 0 Å². The van der Waals surface area contributed by atoms with Crippen LogP contribution in [0.5, 0.6) is 0 Å². The van der Waals surface area contributed by atoms with Crippen LogP contribution in [0, 0.1) is 0 Å². The molecule has 4 heteroatoms. The maximum Gasteiger partial charge on any atom is 0.373 e. The van der Waals surface area contributed by atoms with Crippen LogP contribution in [0.1, 0.15) is 46.7 Å². The molecule has 1 fully saturated rings. The van der Waals surface area contributed by atoms with Crippen LogP contribution in [0.4, 0.5) is 0 Å². The Bertz CT molecular complexity index is 923. The Morgan fingerprint density at radius 1 is 1.00 bits per heavy atom. The van der Waals surface area contributed by atoms with Gasteiger partial charge in [0.25, 0.3) is 0 Å². The lowest BCUT2D eigenvalue weighted by Crippen LogP contribution is -2.18. The number of aliphatic hydroxyl groups is 1. The molecule has 1 N–H and O–H groups in total. The fourth-order valence-corrected chi connectivity index (χ4v) is 3.45. The molecular formula is C23H22O4. The third-order valence-electron chi connectivity index (χ3n) is 5.21. The average molecular weight is 362 g/mol. The summed E-state index contributed by atoms with van der Waals surface area (Å²) in [6.07, 6.45) is 2.87. The van der Waals surface area contributed by atoms with Crippen LogP contribution in [0.15, 0.2) is 66.7 Å². The Morgan fingerprint density at radius 3 is 2.48 bits per heavy atom. The maximum absolute atomic E-state index is 12.3. The number of rotatable bonds is 6. The van der Waals surface area contributed by atoms with Crippen molar-refractivity contribution in [1.29, 1.82) is 0 Å². The van der Waals surface area contributed by atoms with E-state index in [4.69, 9.17) is 9.78 Å². The molecule has 0 aromatic heterocycles. The number of aliphatic hydroxyl groups excluding tert-OH is 1. The molecule has 0 bridgehead atoms. The van der Waals surface area contributed by atoms with Gasteiger partial charge >= 0.3 is 5.97 Å². The molecule has 3 aromatic carbocycles. The van der Waals surface area contributed by atoms with E-state index in [0.717, 1.165) is 16.3 Å². The first kappa shape index (κ1) is 17.7. The van der Waals surface area contributed by atoms with E-state index in [9.17, 15) is 9.90 Å². The zero-order valence-corrected chi connectivity index (χ0v) is 15.0. The standard InChI is InChI=1S/C23H22O4/c24-22(15-16-11-13-18(14-12-16)17-6-3-7-17)26-27-23(25)21-10-4-8-19-5-1-2-9-20(19)21/h1-2,4-5,8-14,17,22,24H,3,6-7,15H2/t22-/m0/s1. The van der Waals surface area contributed by atoms with E-state index in [1.807, 2.05) is 42.5 Å². The number of hydrogen-bond acceptors (Lipinski definition) is 4. The van der Waals surface area contributed by atoms with Crippen LogP contribution >= 0.6 is 0 Å². The second-order valence-corrected chi connectivity index (χ2v) is 7.02. The second-order valence-electron chi connectivity index (χ2n) is 7.02. The van der Waals surface area contributed by atoms with E-state index in [1.165, 1.54) is 24.8 Å². The molecule has 4 nitrogen and oxygen atoms in total. The van der Waals surface area contributed by atoms with Gasteiger partial charge in [0.2, 0.25) is 6.29 Å². The molecule has 0 amide bonds. The lowest BCUT2D eigenvalue weighted by molar-refractivity contribution is -0.326. The maximum atomic E-state index is 12.3. The summed E-state index contributed by atoms with van der Waals surface area (Å²) in [5, 5.41) is 11.8. The Labute approximate surface area is 158 Å². The fraction of sp³-hybridized carbons (Fsp3) is 0.261. The van der Waals surface area contributed by atoms with Gasteiger partial charge < -0.3 is 5.11 Å². The number of hydrogen-bond donors (Lipinski definition) is 1. The molecule has 1 saturated carbocycles. The van der Waals surface area contributed by atoms with Gasteiger partial charge in [-0.15, -0.1) is 0 Å². The Morgan fingerprint density at radius 2 is 1.74 bits per heavy atom. The first-order valence-electron chi connectivity index (χ1n) is 9.33. The van der Waals surface area contributed by atoms with Gasteiger partial charge in [0, 0.05) is 6.42 Å². The molecule has 3 aromatic rings. The molecule has 0 spiro atoms. The van der Waals surface area contributed by atoms with E-state index in [0.29, 0.717) is 11.5 Å². The second kappa shape index (κ2) is 7.91. The molecule has 0 aliphatic heterocycles. The van der Waals surface area contributed by atoms with Crippen LogP contribution in [0.2, 0.25) is 0 Å². The molecule has 1 atom stereocenters. The minimum Gasteiger partial charge on any atom is -0.365 e. The smallest absolute Gasteiger partial charge is 0.365 e. The predicted octanol–water partition coefficient (Wildman–Crippen LogP) is 4.76. The Balaban J connectivity index is 1.34. The van der Waals surface area contributed by atoms with E-state index in [-0.39, 0.29) is 6.42 Å².